The number of carbonyl (C=O) groups is 1. The number of carbonyl (C=O) groups excluding carboxylic acids is 1. The van der Waals surface area contributed by atoms with Crippen LogP contribution in [0.2, 0.25) is 0 Å². The van der Waals surface area contributed by atoms with Crippen LogP contribution in [-0.4, -0.2) is 29.0 Å². The molecule has 0 rings (SSSR count). The fraction of sp³-hybridized carbons (Fsp3) is 0.750. The molecule has 5 nitrogen and oxygen atoms in total. The molecule has 0 aliphatic heterocycles. The Morgan fingerprint density at radius 2 is 2.33 bits per heavy atom. The van der Waals surface area contributed by atoms with Crippen LogP contribution in [0.5, 0.6) is 0 Å². The van der Waals surface area contributed by atoms with Crippen molar-refractivity contribution in [2.24, 2.45) is 0 Å². The summed E-state index contributed by atoms with van der Waals surface area (Å²) >= 11 is 0. The molecule has 0 fully saturated rings. The largest absolute Gasteiger partial charge is 0.386 e. The summed E-state index contributed by atoms with van der Waals surface area (Å²) < 4.78 is 0. The third-order valence-electron chi connectivity index (χ3n) is 0.728. The van der Waals surface area contributed by atoms with Crippen LogP contribution in [-0.2, 0) is 4.79 Å². The molecule has 0 saturated carbocycles. The lowest BCUT2D eigenvalue weighted by atomic mass is 10.3. The van der Waals surface area contributed by atoms with E-state index in [9.17, 15) is 14.9 Å². The number of nitro groups is 1. The molecule has 0 saturated heterocycles. The summed E-state index contributed by atoms with van der Waals surface area (Å²) in [5, 5.41) is 18.2. The van der Waals surface area contributed by atoms with E-state index >= 15 is 0 Å². The maximum Gasteiger partial charge on any atom is 0.229 e. The second kappa shape index (κ2) is 3.96. The zero-order valence-electron chi connectivity index (χ0n) is 4.69. The van der Waals surface area contributed by atoms with Gasteiger partial charge < -0.3 is 9.90 Å². The highest BCUT2D eigenvalue weighted by Crippen LogP contribution is 1.86. The molecule has 1 N–H and O–H groups in total. The van der Waals surface area contributed by atoms with Gasteiger partial charge in [0.25, 0.3) is 0 Å². The number of hydrogen-bond acceptors (Lipinski definition) is 4. The van der Waals surface area contributed by atoms with Crippen molar-refractivity contribution in [1.82, 2.24) is 0 Å². The molecular weight excluding hydrogens is 126 g/mol. The van der Waals surface area contributed by atoms with Crippen molar-refractivity contribution in [2.75, 3.05) is 6.54 Å². The molecule has 9 heavy (non-hydrogen) atoms. The molecule has 1 unspecified atom stereocenters. The van der Waals surface area contributed by atoms with Crippen LogP contribution in [0, 0.1) is 10.1 Å². The fourth-order valence-corrected chi connectivity index (χ4v) is 0.358. The molecule has 0 aliphatic rings. The van der Waals surface area contributed by atoms with E-state index in [2.05, 4.69) is 0 Å². The van der Waals surface area contributed by atoms with E-state index in [1.807, 2.05) is 0 Å². The van der Waals surface area contributed by atoms with Crippen LogP contribution in [0.1, 0.15) is 6.42 Å². The van der Waals surface area contributed by atoms with Gasteiger partial charge in [0, 0.05) is 11.3 Å². The number of nitrogens with zero attached hydrogens (tertiary/aromatic N) is 1. The lowest BCUT2D eigenvalue weighted by molar-refractivity contribution is -0.490. The summed E-state index contributed by atoms with van der Waals surface area (Å²) in [7, 11) is 0. The van der Waals surface area contributed by atoms with E-state index in [1.165, 1.54) is 0 Å². The first kappa shape index (κ1) is 8.03. The topological polar surface area (TPSA) is 80.4 Å². The van der Waals surface area contributed by atoms with Crippen LogP contribution in [0.4, 0.5) is 0 Å². The van der Waals surface area contributed by atoms with Crippen molar-refractivity contribution in [1.29, 1.82) is 0 Å². The van der Waals surface area contributed by atoms with Gasteiger partial charge >= 0.3 is 0 Å². The van der Waals surface area contributed by atoms with Gasteiger partial charge in [-0.05, 0) is 0 Å². The monoisotopic (exact) mass is 133 g/mol. The lowest BCUT2D eigenvalue weighted by Gasteiger charge is -1.97. The van der Waals surface area contributed by atoms with Gasteiger partial charge in [0.05, 0.1) is 0 Å². The molecule has 0 aromatic heterocycles. The minimum Gasteiger partial charge on any atom is -0.386 e. The molecule has 0 heterocycles. The first-order chi connectivity index (χ1) is 4.16. The predicted octanol–water partition coefficient (Wildman–Crippen LogP) is -0.787. The number of hydrogen-bond donors (Lipinski definition) is 1. The van der Waals surface area contributed by atoms with Crippen LogP contribution >= 0.6 is 0 Å². The summed E-state index contributed by atoms with van der Waals surface area (Å²) in [6, 6.07) is 0. The molecule has 0 amide bonds. The highest BCUT2D eigenvalue weighted by Gasteiger charge is 2.08. The maximum absolute atomic E-state index is 9.61. The molecule has 0 aromatic carbocycles. The van der Waals surface area contributed by atoms with E-state index in [1.54, 1.807) is 0 Å². The normalized spacial score (nSPS) is 12.6. The minimum absolute atomic E-state index is 0.166. The summed E-state index contributed by atoms with van der Waals surface area (Å²) in [5.41, 5.74) is 0. The van der Waals surface area contributed by atoms with Crippen LogP contribution in [0.3, 0.4) is 0 Å². The van der Waals surface area contributed by atoms with Gasteiger partial charge in [0.15, 0.2) is 0 Å². The highest BCUT2D eigenvalue weighted by atomic mass is 16.6. The number of rotatable bonds is 4. The molecule has 0 bridgehead atoms. The Morgan fingerprint density at radius 1 is 1.78 bits per heavy atom. The summed E-state index contributed by atoms with van der Waals surface area (Å²) in [5.74, 6) is 0. The van der Waals surface area contributed by atoms with Crippen molar-refractivity contribution in [2.45, 2.75) is 12.5 Å². The Kier molecular flexibility index (Phi) is 3.54. The molecule has 0 spiro atoms. The van der Waals surface area contributed by atoms with Gasteiger partial charge in [-0.1, -0.05) is 0 Å². The molecule has 0 radical (unpaired) electrons. The standard InChI is InChI=1S/C4H7NO4/c6-2-1-4(7)3-5(8)9/h2,4,7H,1,3H2. The lowest BCUT2D eigenvalue weighted by Crippen LogP contribution is -2.19. The number of aldehydes is 1. The second-order valence-corrected chi connectivity index (χ2v) is 1.57. The average Bonchev–Trinajstić information content (AvgIpc) is 1.63. The van der Waals surface area contributed by atoms with E-state index < -0.39 is 17.6 Å². The molecule has 0 aromatic rings. The third kappa shape index (κ3) is 4.89. The summed E-state index contributed by atoms with van der Waals surface area (Å²) in [4.78, 5) is 18.6. The minimum atomic E-state index is -1.13. The summed E-state index contributed by atoms with van der Waals surface area (Å²) in [6.45, 7) is -0.557. The average molecular weight is 133 g/mol. The van der Waals surface area contributed by atoms with Gasteiger partial charge in [-0.3, -0.25) is 10.1 Å². The Morgan fingerprint density at radius 3 is 2.67 bits per heavy atom. The van der Waals surface area contributed by atoms with E-state index in [0.717, 1.165) is 0 Å². The molecule has 5 heteroatoms. The van der Waals surface area contributed by atoms with Crippen molar-refractivity contribution >= 4 is 6.29 Å². The maximum atomic E-state index is 9.61. The molecule has 0 aliphatic carbocycles. The van der Waals surface area contributed by atoms with Gasteiger partial charge in [-0.15, -0.1) is 0 Å². The van der Waals surface area contributed by atoms with Crippen molar-refractivity contribution < 1.29 is 14.8 Å². The molecular formula is C4H7NO4. The predicted molar refractivity (Wildman–Crippen MR) is 28.5 cm³/mol. The SMILES string of the molecule is O=CCC(O)C[N+](=O)[O-]. The van der Waals surface area contributed by atoms with Crippen LogP contribution in [0.15, 0.2) is 0 Å². The Balaban J connectivity index is 3.37. The van der Waals surface area contributed by atoms with Gasteiger partial charge in [-0.25, -0.2) is 0 Å². The molecule has 52 valence electrons. The van der Waals surface area contributed by atoms with Crippen molar-refractivity contribution in [3.05, 3.63) is 10.1 Å². The van der Waals surface area contributed by atoms with Crippen LogP contribution in [0.25, 0.3) is 0 Å². The third-order valence-corrected chi connectivity index (χ3v) is 0.728. The Hall–Kier alpha value is -0.970. The van der Waals surface area contributed by atoms with E-state index in [4.69, 9.17) is 5.11 Å². The smallest absolute Gasteiger partial charge is 0.229 e. The van der Waals surface area contributed by atoms with Gasteiger partial charge in [0.1, 0.15) is 12.4 Å². The Labute approximate surface area is 51.4 Å². The summed E-state index contributed by atoms with van der Waals surface area (Å²) in [6.07, 6.45) is -0.840. The first-order valence-corrected chi connectivity index (χ1v) is 2.40. The highest BCUT2D eigenvalue weighted by molar-refractivity contribution is 5.49. The van der Waals surface area contributed by atoms with Gasteiger partial charge in [0.2, 0.25) is 6.54 Å². The Bertz CT molecular complexity index is 113. The van der Waals surface area contributed by atoms with E-state index in [-0.39, 0.29) is 6.42 Å². The second-order valence-electron chi connectivity index (χ2n) is 1.57. The zero-order chi connectivity index (χ0) is 7.28. The number of aliphatic hydroxyl groups is 1. The quantitative estimate of drug-likeness (QED) is 0.309. The fourth-order valence-electron chi connectivity index (χ4n) is 0.358. The van der Waals surface area contributed by atoms with Crippen LogP contribution < -0.4 is 0 Å². The first-order valence-electron chi connectivity index (χ1n) is 2.40. The number of aliphatic hydroxyl groups excluding tert-OH is 1. The van der Waals surface area contributed by atoms with E-state index in [0.29, 0.717) is 6.29 Å². The van der Waals surface area contributed by atoms with Crippen molar-refractivity contribution in [3.8, 4) is 0 Å². The molecule has 1 atom stereocenters. The van der Waals surface area contributed by atoms with Crippen molar-refractivity contribution in [3.63, 3.8) is 0 Å². The van der Waals surface area contributed by atoms with Gasteiger partial charge in [-0.2, -0.15) is 0 Å². The zero-order valence-corrected chi connectivity index (χ0v) is 4.69.